The molecule has 0 amide bonds. The van der Waals surface area contributed by atoms with E-state index in [1.807, 2.05) is 0 Å². The van der Waals surface area contributed by atoms with Crippen molar-refractivity contribution in [3.63, 3.8) is 0 Å². The summed E-state index contributed by atoms with van der Waals surface area (Å²) < 4.78 is 6.55. The number of aliphatic hydroxyl groups is 2. The van der Waals surface area contributed by atoms with Gasteiger partial charge in [-0.05, 0) is 50.4 Å². The van der Waals surface area contributed by atoms with Crippen LogP contribution in [0.2, 0.25) is 0 Å². The van der Waals surface area contributed by atoms with Crippen LogP contribution in [0.3, 0.4) is 0 Å². The maximum absolute atomic E-state index is 9.74. The molecular formula is C19H33O3+. The van der Waals surface area contributed by atoms with Gasteiger partial charge in [0.25, 0.3) is 0 Å². The molecule has 8 unspecified atom stereocenters. The van der Waals surface area contributed by atoms with Gasteiger partial charge >= 0.3 is 0 Å². The van der Waals surface area contributed by atoms with Crippen LogP contribution in [0.25, 0.3) is 0 Å². The smallest absolute Gasteiger partial charge is 0.129 e. The van der Waals surface area contributed by atoms with Crippen LogP contribution in [0.1, 0.15) is 59.3 Å². The van der Waals surface area contributed by atoms with Gasteiger partial charge in [0.2, 0.25) is 0 Å². The molecule has 8 atom stereocenters. The molecule has 2 aliphatic carbocycles. The molecule has 22 heavy (non-hydrogen) atoms. The van der Waals surface area contributed by atoms with Crippen LogP contribution in [0.4, 0.5) is 0 Å². The van der Waals surface area contributed by atoms with Crippen molar-refractivity contribution >= 4 is 0 Å². The highest BCUT2D eigenvalue weighted by molar-refractivity contribution is 5.12. The van der Waals surface area contributed by atoms with Crippen LogP contribution in [-0.4, -0.2) is 35.1 Å². The fourth-order valence-corrected chi connectivity index (χ4v) is 5.69. The lowest BCUT2D eigenvalue weighted by Gasteiger charge is -2.48. The third-order valence-corrected chi connectivity index (χ3v) is 6.59. The minimum absolute atomic E-state index is 0.108. The highest BCUT2D eigenvalue weighted by atomic mass is 16.5. The Morgan fingerprint density at radius 3 is 2.64 bits per heavy atom. The molecular weight excluding hydrogens is 276 g/mol. The van der Waals surface area contributed by atoms with Crippen LogP contribution in [0.5, 0.6) is 0 Å². The quantitative estimate of drug-likeness (QED) is 0.787. The molecule has 3 nitrogen and oxygen atoms in total. The van der Waals surface area contributed by atoms with Gasteiger partial charge in [0.1, 0.15) is 24.0 Å². The van der Waals surface area contributed by atoms with Crippen LogP contribution < -0.4 is 0 Å². The summed E-state index contributed by atoms with van der Waals surface area (Å²) in [5.74, 6) is 4.94. The predicted molar refractivity (Wildman–Crippen MR) is 87.2 cm³/mol. The molecule has 3 aliphatic rings. The van der Waals surface area contributed by atoms with E-state index < -0.39 is 6.10 Å². The van der Waals surface area contributed by atoms with Gasteiger partial charge in [0, 0.05) is 5.92 Å². The van der Waals surface area contributed by atoms with Crippen molar-refractivity contribution in [2.75, 3.05) is 6.61 Å². The molecule has 0 radical (unpaired) electrons. The average molecular weight is 309 g/mol. The van der Waals surface area contributed by atoms with Crippen LogP contribution in [0.15, 0.2) is 0 Å². The van der Waals surface area contributed by atoms with Crippen molar-refractivity contribution in [2.45, 2.75) is 77.6 Å². The second-order valence-electron chi connectivity index (χ2n) is 8.39. The fourth-order valence-electron chi connectivity index (χ4n) is 5.69. The molecule has 126 valence electrons. The topological polar surface area (TPSA) is 49.7 Å². The summed E-state index contributed by atoms with van der Waals surface area (Å²) in [6.07, 6.45) is 6.99. The molecule has 1 heterocycles. The second-order valence-corrected chi connectivity index (χ2v) is 8.39. The van der Waals surface area contributed by atoms with E-state index in [1.165, 1.54) is 12.8 Å². The Morgan fingerprint density at radius 1 is 1.14 bits per heavy atom. The minimum atomic E-state index is -0.548. The molecule has 3 rings (SSSR count). The number of fused-ring (bicyclic) bond motifs is 2. The summed E-state index contributed by atoms with van der Waals surface area (Å²) >= 11 is 0. The van der Waals surface area contributed by atoms with E-state index in [0.717, 1.165) is 37.5 Å². The minimum Gasteiger partial charge on any atom is -0.394 e. The van der Waals surface area contributed by atoms with Crippen molar-refractivity contribution in [1.82, 2.24) is 0 Å². The first-order valence-electron chi connectivity index (χ1n) is 9.27. The van der Waals surface area contributed by atoms with Gasteiger partial charge in [0.05, 0.1) is 25.6 Å². The Labute approximate surface area is 135 Å². The average Bonchev–Trinajstić information content (AvgIpc) is 2.47. The maximum atomic E-state index is 9.74. The molecule has 3 fully saturated rings. The van der Waals surface area contributed by atoms with Crippen LogP contribution in [-0.2, 0) is 4.74 Å². The summed E-state index contributed by atoms with van der Waals surface area (Å²) in [6.45, 7) is 7.03. The molecule has 2 N–H and O–H groups in total. The van der Waals surface area contributed by atoms with Gasteiger partial charge in [-0.15, -0.1) is 0 Å². The molecule has 1 aliphatic heterocycles. The van der Waals surface area contributed by atoms with E-state index in [-0.39, 0.29) is 6.61 Å². The van der Waals surface area contributed by atoms with Gasteiger partial charge in [-0.1, -0.05) is 13.8 Å². The van der Waals surface area contributed by atoms with E-state index in [1.54, 1.807) is 5.92 Å². The lowest BCUT2D eigenvalue weighted by atomic mass is 9.59. The summed E-state index contributed by atoms with van der Waals surface area (Å²) in [5.41, 5.74) is 0. The Bertz CT molecular complexity index is 372. The largest absolute Gasteiger partial charge is 0.394 e. The van der Waals surface area contributed by atoms with Crippen LogP contribution in [0, 0.1) is 35.5 Å². The fraction of sp³-hybridized carbons (Fsp3) is 0.947. The van der Waals surface area contributed by atoms with Crippen molar-refractivity contribution in [2.24, 2.45) is 29.6 Å². The maximum Gasteiger partial charge on any atom is 0.129 e. The summed E-state index contributed by atoms with van der Waals surface area (Å²) in [4.78, 5) is 0. The van der Waals surface area contributed by atoms with Gasteiger partial charge < -0.3 is 14.9 Å². The molecule has 0 bridgehead atoms. The molecule has 3 heteroatoms. The molecule has 1 saturated heterocycles. The Hall–Kier alpha value is -0.250. The van der Waals surface area contributed by atoms with Gasteiger partial charge in [-0.2, -0.15) is 0 Å². The van der Waals surface area contributed by atoms with Crippen molar-refractivity contribution in [1.29, 1.82) is 0 Å². The zero-order chi connectivity index (χ0) is 15.9. The highest BCUT2D eigenvalue weighted by Crippen LogP contribution is 2.52. The Balaban J connectivity index is 1.67. The number of ether oxygens (including phenoxy) is 1. The first kappa shape index (κ1) is 16.6. The number of rotatable bonds is 3. The number of aliphatic hydroxyl groups excluding tert-OH is 2. The van der Waals surface area contributed by atoms with E-state index >= 15 is 0 Å². The molecule has 0 spiro atoms. The molecule has 2 saturated carbocycles. The molecule has 0 aromatic rings. The first-order valence-corrected chi connectivity index (χ1v) is 9.27. The van der Waals surface area contributed by atoms with Gasteiger partial charge in [0.15, 0.2) is 0 Å². The standard InChI is InChI=1S/C19H33O3/c1-11-6-12(2)19-13(3)16-9-14(8-15(21)10-20)4-5-17(16)22-18(19)7-11/h11-12,14-21H,4-10H2,1-3H3/q+1. The van der Waals surface area contributed by atoms with Gasteiger partial charge in [-0.3, -0.25) is 0 Å². The van der Waals surface area contributed by atoms with E-state index in [9.17, 15) is 5.11 Å². The zero-order valence-electron chi connectivity index (χ0n) is 14.4. The number of hydrogen-bond acceptors (Lipinski definition) is 3. The lowest BCUT2D eigenvalue weighted by Crippen LogP contribution is -2.52. The van der Waals surface area contributed by atoms with Crippen molar-refractivity contribution in [3.8, 4) is 0 Å². The van der Waals surface area contributed by atoms with E-state index in [0.29, 0.717) is 30.0 Å². The third-order valence-electron chi connectivity index (χ3n) is 6.59. The van der Waals surface area contributed by atoms with E-state index in [2.05, 4.69) is 20.8 Å². The summed E-state index contributed by atoms with van der Waals surface area (Å²) in [6, 6.07) is 0. The monoisotopic (exact) mass is 309 g/mol. The second kappa shape index (κ2) is 6.70. The lowest BCUT2D eigenvalue weighted by molar-refractivity contribution is -0.152. The van der Waals surface area contributed by atoms with Crippen molar-refractivity contribution in [3.05, 3.63) is 5.92 Å². The van der Waals surface area contributed by atoms with Crippen LogP contribution >= 0.6 is 0 Å². The van der Waals surface area contributed by atoms with Gasteiger partial charge in [-0.25, -0.2) is 0 Å². The normalized spacial score (nSPS) is 46.8. The SMILES string of the molecule is C[C+]1C2CC(CC(O)CO)CCC2OC2CC(C)CC(C)C12. The van der Waals surface area contributed by atoms with E-state index in [4.69, 9.17) is 9.84 Å². The highest BCUT2D eigenvalue weighted by Gasteiger charge is 2.56. The molecule has 0 aromatic carbocycles. The Morgan fingerprint density at radius 2 is 1.91 bits per heavy atom. The zero-order valence-corrected chi connectivity index (χ0v) is 14.4. The molecule has 0 aromatic heterocycles. The summed E-state index contributed by atoms with van der Waals surface area (Å²) in [7, 11) is 0. The third kappa shape index (κ3) is 3.18. The number of hydrogen-bond donors (Lipinski definition) is 2. The Kier molecular flexibility index (Phi) is 5.06. The van der Waals surface area contributed by atoms with Crippen molar-refractivity contribution < 1.29 is 14.9 Å². The first-order chi connectivity index (χ1) is 10.5. The summed E-state index contributed by atoms with van der Waals surface area (Å²) in [5, 5.41) is 18.8. The predicted octanol–water partition coefficient (Wildman–Crippen LogP) is 3.19.